The fraction of sp³-hybridized carbons (Fsp3) is 0.200. The molecule has 0 aliphatic carbocycles. The first-order valence-electron chi connectivity index (χ1n) is 4.36. The van der Waals surface area contributed by atoms with Gasteiger partial charge in [-0.15, -0.1) is 0 Å². The lowest BCUT2D eigenvalue weighted by molar-refractivity contribution is -0.123. The maximum atomic E-state index is 13.1. The third-order valence-corrected chi connectivity index (χ3v) is 2.36. The van der Waals surface area contributed by atoms with Gasteiger partial charge in [0.05, 0.1) is 17.4 Å². The number of carbonyl (C=O) groups is 2. The number of halogens is 3. The van der Waals surface area contributed by atoms with Gasteiger partial charge in [0.15, 0.2) is 17.4 Å². The second-order valence-corrected chi connectivity index (χ2v) is 3.56. The zero-order valence-corrected chi connectivity index (χ0v) is 9.68. The molecule has 1 aromatic carbocycles. The fourth-order valence-electron chi connectivity index (χ4n) is 1.02. The van der Waals surface area contributed by atoms with Crippen molar-refractivity contribution in [2.45, 2.75) is 6.42 Å². The van der Waals surface area contributed by atoms with Crippen LogP contribution >= 0.6 is 15.9 Å². The highest BCUT2D eigenvalue weighted by Gasteiger charge is 2.12. The first-order chi connectivity index (χ1) is 7.54. The van der Waals surface area contributed by atoms with Crippen LogP contribution in [0.4, 0.5) is 14.5 Å². The van der Waals surface area contributed by atoms with Gasteiger partial charge in [0, 0.05) is 0 Å². The van der Waals surface area contributed by atoms with Gasteiger partial charge in [0.1, 0.15) is 0 Å². The molecule has 3 nitrogen and oxygen atoms in total. The summed E-state index contributed by atoms with van der Waals surface area (Å²) < 4.78 is 25.9. The van der Waals surface area contributed by atoms with Crippen molar-refractivity contribution >= 4 is 33.3 Å². The molecule has 16 heavy (non-hydrogen) atoms. The normalized spacial score (nSPS) is 9.94. The van der Waals surface area contributed by atoms with Crippen LogP contribution in [0.25, 0.3) is 0 Å². The van der Waals surface area contributed by atoms with Crippen LogP contribution in [0.1, 0.15) is 6.42 Å². The van der Waals surface area contributed by atoms with Gasteiger partial charge in [0.25, 0.3) is 0 Å². The summed E-state index contributed by atoms with van der Waals surface area (Å²) in [6, 6.07) is 3.42. The number of Topliss-reactive ketones (excluding diaryl/α,β-unsaturated/α-hetero) is 1. The summed E-state index contributed by atoms with van der Waals surface area (Å²) in [5.41, 5.74) is -0.271. The van der Waals surface area contributed by atoms with E-state index < -0.39 is 17.5 Å². The number of anilines is 1. The van der Waals surface area contributed by atoms with Gasteiger partial charge in [-0.2, -0.15) is 0 Å². The number of ketones is 1. The summed E-state index contributed by atoms with van der Waals surface area (Å²) in [7, 11) is 0. The van der Waals surface area contributed by atoms with Crippen molar-refractivity contribution in [3.05, 3.63) is 29.8 Å². The summed E-state index contributed by atoms with van der Waals surface area (Å²) in [5, 5.41) is 2.17. The average Bonchev–Trinajstić information content (AvgIpc) is 2.24. The summed E-state index contributed by atoms with van der Waals surface area (Å²) >= 11 is 2.89. The SMILES string of the molecule is O=C(CBr)CC(=O)Nc1cccc(F)c1F. The Morgan fingerprint density at radius 2 is 2.00 bits per heavy atom. The number of hydrogen-bond acceptors (Lipinski definition) is 2. The molecule has 0 unspecified atom stereocenters. The number of benzene rings is 1. The predicted octanol–water partition coefficient (Wildman–Crippen LogP) is 2.26. The maximum Gasteiger partial charge on any atom is 0.231 e. The Morgan fingerprint density at radius 3 is 2.62 bits per heavy atom. The van der Waals surface area contributed by atoms with Gasteiger partial charge in [0.2, 0.25) is 5.91 Å². The van der Waals surface area contributed by atoms with Crippen molar-refractivity contribution in [2.24, 2.45) is 0 Å². The lowest BCUT2D eigenvalue weighted by Gasteiger charge is -2.05. The molecule has 6 heteroatoms. The van der Waals surface area contributed by atoms with E-state index in [1.807, 2.05) is 0 Å². The molecule has 0 aliphatic heterocycles. The Labute approximate surface area is 99.0 Å². The van der Waals surface area contributed by atoms with E-state index in [0.717, 1.165) is 6.07 Å². The van der Waals surface area contributed by atoms with Crippen LogP contribution in [0.15, 0.2) is 18.2 Å². The topological polar surface area (TPSA) is 46.2 Å². The summed E-state index contributed by atoms with van der Waals surface area (Å²) in [5.74, 6) is -3.20. The molecule has 0 fully saturated rings. The van der Waals surface area contributed by atoms with E-state index in [1.54, 1.807) is 0 Å². The van der Waals surface area contributed by atoms with Crippen LogP contribution < -0.4 is 5.32 Å². The van der Waals surface area contributed by atoms with Crippen LogP contribution in [-0.2, 0) is 9.59 Å². The third kappa shape index (κ3) is 3.37. The number of nitrogens with one attached hydrogen (secondary N) is 1. The molecule has 0 atom stereocenters. The number of alkyl halides is 1. The minimum Gasteiger partial charge on any atom is -0.323 e. The number of rotatable bonds is 4. The molecule has 0 aliphatic rings. The monoisotopic (exact) mass is 291 g/mol. The molecule has 0 bridgehead atoms. The smallest absolute Gasteiger partial charge is 0.231 e. The summed E-state index contributed by atoms with van der Waals surface area (Å²) in [6.45, 7) is 0. The molecule has 0 radical (unpaired) electrons. The van der Waals surface area contributed by atoms with Crippen LogP contribution in [0, 0.1) is 11.6 Å². The molecule has 0 aromatic heterocycles. The van der Waals surface area contributed by atoms with E-state index >= 15 is 0 Å². The quantitative estimate of drug-likeness (QED) is 0.683. The molecular formula is C10H8BrF2NO2. The van der Waals surface area contributed by atoms with Crippen LogP contribution in [0.5, 0.6) is 0 Å². The molecule has 86 valence electrons. The van der Waals surface area contributed by atoms with Gasteiger partial charge in [-0.3, -0.25) is 9.59 Å². The van der Waals surface area contributed by atoms with Crippen molar-refractivity contribution < 1.29 is 18.4 Å². The summed E-state index contributed by atoms with van der Waals surface area (Å²) in [6.07, 6.45) is -0.374. The van der Waals surface area contributed by atoms with Crippen LogP contribution in [0.3, 0.4) is 0 Å². The standard InChI is InChI=1S/C10H8BrF2NO2/c11-5-6(15)4-9(16)14-8-3-1-2-7(12)10(8)13/h1-3H,4-5H2,(H,14,16). The van der Waals surface area contributed by atoms with Crippen molar-refractivity contribution in [1.29, 1.82) is 0 Å². The van der Waals surface area contributed by atoms with Gasteiger partial charge in [-0.05, 0) is 12.1 Å². The van der Waals surface area contributed by atoms with E-state index in [1.165, 1.54) is 12.1 Å². The zero-order valence-electron chi connectivity index (χ0n) is 8.10. The third-order valence-electron chi connectivity index (χ3n) is 1.73. The van der Waals surface area contributed by atoms with Crippen LogP contribution in [0.2, 0.25) is 0 Å². The highest BCUT2D eigenvalue weighted by atomic mass is 79.9. The predicted molar refractivity (Wildman–Crippen MR) is 58.4 cm³/mol. The second kappa shape index (κ2) is 5.69. The average molecular weight is 292 g/mol. The second-order valence-electron chi connectivity index (χ2n) is 3.00. The maximum absolute atomic E-state index is 13.1. The Hall–Kier alpha value is -1.30. The first-order valence-corrected chi connectivity index (χ1v) is 5.48. The highest BCUT2D eigenvalue weighted by Crippen LogP contribution is 2.16. The van der Waals surface area contributed by atoms with Crippen molar-refractivity contribution in [1.82, 2.24) is 0 Å². The molecule has 1 rings (SSSR count). The lowest BCUT2D eigenvalue weighted by atomic mass is 10.2. The number of amides is 1. The van der Waals surface area contributed by atoms with Gasteiger partial charge in [-0.1, -0.05) is 22.0 Å². The first kappa shape index (κ1) is 12.8. The lowest BCUT2D eigenvalue weighted by Crippen LogP contribution is -2.17. The van der Waals surface area contributed by atoms with E-state index in [9.17, 15) is 18.4 Å². The molecule has 1 amide bonds. The molecule has 0 heterocycles. The van der Waals surface area contributed by atoms with E-state index in [0.29, 0.717) is 0 Å². The Balaban J connectivity index is 2.70. The molecule has 0 spiro atoms. The van der Waals surface area contributed by atoms with Crippen molar-refractivity contribution in [3.63, 3.8) is 0 Å². The van der Waals surface area contributed by atoms with Crippen molar-refractivity contribution in [3.8, 4) is 0 Å². The molecule has 0 saturated heterocycles. The van der Waals surface area contributed by atoms with E-state index in [2.05, 4.69) is 21.2 Å². The Kier molecular flexibility index (Phi) is 4.54. The molecular weight excluding hydrogens is 284 g/mol. The largest absolute Gasteiger partial charge is 0.323 e. The number of hydrogen-bond donors (Lipinski definition) is 1. The highest BCUT2D eigenvalue weighted by molar-refractivity contribution is 9.09. The zero-order chi connectivity index (χ0) is 12.1. The minimum absolute atomic E-state index is 0.0477. The molecule has 0 saturated carbocycles. The van der Waals surface area contributed by atoms with Gasteiger partial charge >= 0.3 is 0 Å². The molecule has 1 aromatic rings. The van der Waals surface area contributed by atoms with E-state index in [4.69, 9.17) is 0 Å². The van der Waals surface area contributed by atoms with Crippen molar-refractivity contribution in [2.75, 3.05) is 10.6 Å². The van der Waals surface area contributed by atoms with Gasteiger partial charge < -0.3 is 5.32 Å². The Morgan fingerprint density at radius 1 is 1.31 bits per heavy atom. The van der Waals surface area contributed by atoms with E-state index in [-0.39, 0.29) is 23.2 Å². The fourth-order valence-corrected chi connectivity index (χ4v) is 1.22. The summed E-state index contributed by atoms with van der Waals surface area (Å²) in [4.78, 5) is 22.1. The van der Waals surface area contributed by atoms with Crippen LogP contribution in [-0.4, -0.2) is 17.0 Å². The Bertz CT molecular complexity index is 423. The molecule has 1 N–H and O–H groups in total. The number of carbonyl (C=O) groups excluding carboxylic acids is 2. The van der Waals surface area contributed by atoms with Gasteiger partial charge in [-0.25, -0.2) is 8.78 Å². The minimum atomic E-state index is -1.14.